The molecule has 102 valence electrons. The molecule has 0 unspecified atom stereocenters. The summed E-state index contributed by atoms with van der Waals surface area (Å²) in [5.74, 6) is 1.02. The van der Waals surface area contributed by atoms with E-state index in [2.05, 4.69) is 10.3 Å². The average molecular weight is 271 g/mol. The molecule has 1 aliphatic rings. The second-order valence-electron chi connectivity index (χ2n) is 4.00. The number of hydrogen-bond donors (Lipinski definition) is 1. The molecule has 1 N–H and O–H groups in total. The number of hydrogen-bond acceptors (Lipinski definition) is 4. The van der Waals surface area contributed by atoms with Crippen molar-refractivity contribution in [2.24, 2.45) is 4.99 Å². The standard InChI is InChI=1S/C12H21N3O2S/c1-3-15(4-2)11(17)7-5-6-10(16)14-12-13-8-9-18-12/h3-9H2,1-2H3,(H,13,14,16). The highest BCUT2D eigenvalue weighted by Gasteiger charge is 2.13. The Morgan fingerprint density at radius 2 is 2.06 bits per heavy atom. The van der Waals surface area contributed by atoms with Crippen molar-refractivity contribution in [2.45, 2.75) is 33.1 Å². The van der Waals surface area contributed by atoms with Crippen molar-refractivity contribution in [1.29, 1.82) is 0 Å². The summed E-state index contributed by atoms with van der Waals surface area (Å²) in [7, 11) is 0. The van der Waals surface area contributed by atoms with E-state index in [1.807, 2.05) is 13.8 Å². The van der Waals surface area contributed by atoms with E-state index in [1.165, 1.54) is 0 Å². The highest BCUT2D eigenvalue weighted by molar-refractivity contribution is 8.14. The zero-order chi connectivity index (χ0) is 13.4. The van der Waals surface area contributed by atoms with E-state index < -0.39 is 0 Å². The number of amidine groups is 1. The Labute approximate surface area is 112 Å². The van der Waals surface area contributed by atoms with E-state index in [0.717, 1.165) is 30.6 Å². The topological polar surface area (TPSA) is 61.8 Å². The number of aliphatic imine (C=N–C) groups is 1. The summed E-state index contributed by atoms with van der Waals surface area (Å²) in [4.78, 5) is 29.2. The molecule has 0 saturated heterocycles. The van der Waals surface area contributed by atoms with Crippen LogP contribution in [0.4, 0.5) is 0 Å². The van der Waals surface area contributed by atoms with Gasteiger partial charge in [0.2, 0.25) is 11.8 Å². The third-order valence-electron chi connectivity index (χ3n) is 2.74. The van der Waals surface area contributed by atoms with Gasteiger partial charge in [-0.05, 0) is 20.3 Å². The number of rotatable bonds is 6. The van der Waals surface area contributed by atoms with Crippen molar-refractivity contribution < 1.29 is 9.59 Å². The lowest BCUT2D eigenvalue weighted by Gasteiger charge is -2.18. The molecule has 0 fully saturated rings. The van der Waals surface area contributed by atoms with Crippen LogP contribution in [-0.2, 0) is 9.59 Å². The Bertz CT molecular complexity index is 327. The third-order valence-corrected chi connectivity index (χ3v) is 3.63. The minimum absolute atomic E-state index is 0.0458. The molecule has 6 heteroatoms. The van der Waals surface area contributed by atoms with Gasteiger partial charge in [-0.15, -0.1) is 0 Å². The van der Waals surface area contributed by atoms with Gasteiger partial charge in [0.05, 0.1) is 6.54 Å². The molecule has 5 nitrogen and oxygen atoms in total. The maximum Gasteiger partial charge on any atom is 0.225 e. The van der Waals surface area contributed by atoms with Gasteiger partial charge >= 0.3 is 0 Å². The fourth-order valence-corrected chi connectivity index (χ4v) is 2.47. The van der Waals surface area contributed by atoms with Crippen molar-refractivity contribution in [3.8, 4) is 0 Å². The van der Waals surface area contributed by atoms with Crippen molar-refractivity contribution in [3.63, 3.8) is 0 Å². The molecular formula is C12H21N3O2S. The van der Waals surface area contributed by atoms with Crippen LogP contribution in [0.1, 0.15) is 33.1 Å². The molecule has 1 heterocycles. The second kappa shape index (κ2) is 8.13. The Kier molecular flexibility index (Phi) is 6.78. The molecule has 0 atom stereocenters. The monoisotopic (exact) mass is 271 g/mol. The molecule has 0 bridgehead atoms. The van der Waals surface area contributed by atoms with Crippen molar-refractivity contribution in [2.75, 3.05) is 25.4 Å². The second-order valence-corrected chi connectivity index (χ2v) is 5.09. The molecule has 1 aliphatic heterocycles. The SMILES string of the molecule is CCN(CC)C(=O)CCCC(=O)NC1=NCCS1. The molecule has 0 aromatic heterocycles. The fraction of sp³-hybridized carbons (Fsp3) is 0.750. The number of carbonyl (C=O) groups excluding carboxylic acids is 2. The van der Waals surface area contributed by atoms with Gasteiger partial charge in [0.25, 0.3) is 0 Å². The summed E-state index contributed by atoms with van der Waals surface area (Å²) in [6, 6.07) is 0. The Morgan fingerprint density at radius 3 is 2.61 bits per heavy atom. The Balaban J connectivity index is 2.16. The molecular weight excluding hydrogens is 250 g/mol. The van der Waals surface area contributed by atoms with E-state index >= 15 is 0 Å². The van der Waals surface area contributed by atoms with Gasteiger partial charge < -0.3 is 10.2 Å². The molecule has 0 aliphatic carbocycles. The molecule has 0 aromatic rings. The molecule has 0 aromatic carbocycles. The molecule has 0 radical (unpaired) electrons. The van der Waals surface area contributed by atoms with Crippen LogP contribution in [0.25, 0.3) is 0 Å². The predicted molar refractivity (Wildman–Crippen MR) is 74.7 cm³/mol. The van der Waals surface area contributed by atoms with E-state index in [1.54, 1.807) is 16.7 Å². The lowest BCUT2D eigenvalue weighted by Crippen LogP contribution is -2.31. The number of thioether (sulfide) groups is 1. The van der Waals surface area contributed by atoms with Gasteiger partial charge in [-0.3, -0.25) is 14.6 Å². The van der Waals surface area contributed by atoms with Gasteiger partial charge in [-0.1, -0.05) is 11.8 Å². The van der Waals surface area contributed by atoms with Gasteiger partial charge in [0.1, 0.15) is 0 Å². The van der Waals surface area contributed by atoms with Crippen LogP contribution in [0, 0.1) is 0 Å². The average Bonchev–Trinajstić information content (AvgIpc) is 2.83. The van der Waals surface area contributed by atoms with Crippen molar-refractivity contribution >= 4 is 28.7 Å². The van der Waals surface area contributed by atoms with Gasteiger partial charge in [0, 0.05) is 31.7 Å². The van der Waals surface area contributed by atoms with Crippen LogP contribution >= 0.6 is 11.8 Å². The number of nitrogens with one attached hydrogen (secondary N) is 1. The van der Waals surface area contributed by atoms with Crippen LogP contribution < -0.4 is 5.32 Å². The van der Waals surface area contributed by atoms with Crippen LogP contribution in [0.15, 0.2) is 4.99 Å². The highest BCUT2D eigenvalue weighted by Crippen LogP contribution is 2.09. The largest absolute Gasteiger partial charge is 0.343 e. The highest BCUT2D eigenvalue weighted by atomic mass is 32.2. The normalized spacial score (nSPS) is 14.2. The first kappa shape index (κ1) is 15.0. The van der Waals surface area contributed by atoms with E-state index in [9.17, 15) is 9.59 Å². The summed E-state index contributed by atoms with van der Waals surface area (Å²) in [6.07, 6.45) is 1.42. The van der Waals surface area contributed by atoms with Crippen LogP contribution in [-0.4, -0.2) is 47.3 Å². The van der Waals surface area contributed by atoms with Crippen LogP contribution in [0.5, 0.6) is 0 Å². The first-order chi connectivity index (χ1) is 8.67. The summed E-state index contributed by atoms with van der Waals surface area (Å²) in [5.41, 5.74) is 0. The third kappa shape index (κ3) is 5.08. The summed E-state index contributed by atoms with van der Waals surface area (Å²) >= 11 is 1.57. The summed E-state index contributed by atoms with van der Waals surface area (Å²) in [6.45, 7) is 6.16. The lowest BCUT2D eigenvalue weighted by molar-refractivity contribution is -0.131. The zero-order valence-electron chi connectivity index (χ0n) is 11.1. The minimum atomic E-state index is -0.0458. The first-order valence-corrected chi connectivity index (χ1v) is 7.40. The van der Waals surface area contributed by atoms with Gasteiger partial charge in [-0.25, -0.2) is 0 Å². The predicted octanol–water partition coefficient (Wildman–Crippen LogP) is 1.24. The zero-order valence-corrected chi connectivity index (χ0v) is 11.9. The van der Waals surface area contributed by atoms with E-state index in [4.69, 9.17) is 0 Å². The number of nitrogens with zero attached hydrogens (tertiary/aromatic N) is 2. The van der Waals surface area contributed by atoms with Crippen LogP contribution in [0.3, 0.4) is 0 Å². The molecule has 2 amide bonds. The van der Waals surface area contributed by atoms with Crippen molar-refractivity contribution in [1.82, 2.24) is 10.2 Å². The van der Waals surface area contributed by atoms with Gasteiger partial charge in [0.15, 0.2) is 5.17 Å². The minimum Gasteiger partial charge on any atom is -0.343 e. The Hall–Kier alpha value is -1.04. The summed E-state index contributed by atoms with van der Waals surface area (Å²) < 4.78 is 0. The smallest absolute Gasteiger partial charge is 0.225 e. The van der Waals surface area contributed by atoms with E-state index in [0.29, 0.717) is 19.3 Å². The number of amides is 2. The molecule has 18 heavy (non-hydrogen) atoms. The quantitative estimate of drug-likeness (QED) is 0.790. The molecule has 0 saturated carbocycles. The maximum atomic E-state index is 11.7. The molecule has 0 spiro atoms. The lowest BCUT2D eigenvalue weighted by atomic mass is 10.2. The fourth-order valence-electron chi connectivity index (χ4n) is 1.73. The first-order valence-electron chi connectivity index (χ1n) is 6.42. The number of carbonyl (C=O) groups is 2. The van der Waals surface area contributed by atoms with Crippen molar-refractivity contribution in [3.05, 3.63) is 0 Å². The molecule has 1 rings (SSSR count). The van der Waals surface area contributed by atoms with E-state index in [-0.39, 0.29) is 11.8 Å². The van der Waals surface area contributed by atoms with Gasteiger partial charge in [-0.2, -0.15) is 0 Å². The maximum absolute atomic E-state index is 11.7. The Morgan fingerprint density at radius 1 is 1.33 bits per heavy atom. The summed E-state index contributed by atoms with van der Waals surface area (Å²) in [5, 5.41) is 3.48. The van der Waals surface area contributed by atoms with Crippen LogP contribution in [0.2, 0.25) is 0 Å².